The van der Waals surface area contributed by atoms with E-state index in [2.05, 4.69) is 5.32 Å². The van der Waals surface area contributed by atoms with Gasteiger partial charge in [0.15, 0.2) is 0 Å². The summed E-state index contributed by atoms with van der Waals surface area (Å²) < 4.78 is 0. The summed E-state index contributed by atoms with van der Waals surface area (Å²) in [5.41, 5.74) is 0.489. The van der Waals surface area contributed by atoms with E-state index in [0.29, 0.717) is 36.6 Å². The van der Waals surface area contributed by atoms with Crippen molar-refractivity contribution in [3.05, 3.63) is 34.9 Å². The van der Waals surface area contributed by atoms with E-state index >= 15 is 0 Å². The van der Waals surface area contributed by atoms with Crippen LogP contribution in [0, 0.1) is 0 Å². The van der Waals surface area contributed by atoms with Gasteiger partial charge in [-0.25, -0.2) is 0 Å². The standard InChI is InChI=1S/C12H13ClN2O2/c13-10-4-2-1-3-9(10)12(17)15-7-5-11(16)14-6-8-15/h1-4H,5-8H2,(H,14,16). The molecule has 1 aromatic carbocycles. The average Bonchev–Trinajstić information content (AvgIpc) is 2.54. The van der Waals surface area contributed by atoms with Crippen molar-refractivity contribution in [1.82, 2.24) is 10.2 Å². The maximum absolute atomic E-state index is 12.2. The highest BCUT2D eigenvalue weighted by atomic mass is 35.5. The summed E-state index contributed by atoms with van der Waals surface area (Å²) in [6.07, 6.45) is 0.343. The van der Waals surface area contributed by atoms with Crippen LogP contribution in [-0.2, 0) is 4.79 Å². The first kappa shape index (κ1) is 11.9. The number of hydrogen-bond donors (Lipinski definition) is 1. The fourth-order valence-electron chi connectivity index (χ4n) is 1.78. The number of nitrogens with one attached hydrogen (secondary N) is 1. The summed E-state index contributed by atoms with van der Waals surface area (Å²) in [5.74, 6) is -0.133. The summed E-state index contributed by atoms with van der Waals surface area (Å²) in [6, 6.07) is 6.95. The number of carbonyl (C=O) groups is 2. The smallest absolute Gasteiger partial charge is 0.255 e. The minimum atomic E-state index is -0.118. The second-order valence-electron chi connectivity index (χ2n) is 3.87. The topological polar surface area (TPSA) is 49.4 Å². The molecule has 0 aliphatic carbocycles. The molecule has 1 saturated heterocycles. The van der Waals surface area contributed by atoms with Crippen LogP contribution < -0.4 is 5.32 Å². The molecule has 0 atom stereocenters. The van der Waals surface area contributed by atoms with Crippen molar-refractivity contribution in [3.63, 3.8) is 0 Å². The molecule has 0 spiro atoms. The highest BCUT2D eigenvalue weighted by molar-refractivity contribution is 6.33. The van der Waals surface area contributed by atoms with E-state index in [1.807, 2.05) is 0 Å². The molecule has 90 valence electrons. The third-order valence-electron chi connectivity index (χ3n) is 2.70. The first-order valence-electron chi connectivity index (χ1n) is 5.49. The zero-order chi connectivity index (χ0) is 12.3. The lowest BCUT2D eigenvalue weighted by Gasteiger charge is -2.19. The second kappa shape index (κ2) is 5.19. The summed E-state index contributed by atoms with van der Waals surface area (Å²) in [4.78, 5) is 25.0. The van der Waals surface area contributed by atoms with E-state index in [0.717, 1.165) is 0 Å². The highest BCUT2D eigenvalue weighted by Crippen LogP contribution is 2.17. The molecule has 17 heavy (non-hydrogen) atoms. The lowest BCUT2D eigenvalue weighted by atomic mass is 10.2. The van der Waals surface area contributed by atoms with E-state index in [4.69, 9.17) is 11.6 Å². The van der Waals surface area contributed by atoms with Crippen molar-refractivity contribution < 1.29 is 9.59 Å². The molecule has 4 nitrogen and oxygen atoms in total. The van der Waals surface area contributed by atoms with Gasteiger partial charge in [-0.15, -0.1) is 0 Å². The summed E-state index contributed by atoms with van der Waals surface area (Å²) in [7, 11) is 0. The van der Waals surface area contributed by atoms with E-state index in [-0.39, 0.29) is 11.8 Å². The molecule has 0 unspecified atom stereocenters. The van der Waals surface area contributed by atoms with Crippen molar-refractivity contribution in [1.29, 1.82) is 0 Å². The third kappa shape index (κ3) is 2.77. The van der Waals surface area contributed by atoms with E-state index < -0.39 is 0 Å². The monoisotopic (exact) mass is 252 g/mol. The zero-order valence-corrected chi connectivity index (χ0v) is 10.0. The van der Waals surface area contributed by atoms with Crippen LogP contribution in [0.15, 0.2) is 24.3 Å². The van der Waals surface area contributed by atoms with Gasteiger partial charge in [0, 0.05) is 26.1 Å². The summed E-state index contributed by atoms with van der Waals surface area (Å²) in [5, 5.41) is 3.18. The van der Waals surface area contributed by atoms with Crippen molar-refractivity contribution in [3.8, 4) is 0 Å². The van der Waals surface area contributed by atoms with Crippen LogP contribution in [0.3, 0.4) is 0 Å². The SMILES string of the molecule is O=C1CCN(C(=O)c2ccccc2Cl)CCN1. The molecule has 0 radical (unpaired) electrons. The quantitative estimate of drug-likeness (QED) is 0.819. The third-order valence-corrected chi connectivity index (χ3v) is 3.03. The Morgan fingerprint density at radius 2 is 2.06 bits per heavy atom. The Balaban J connectivity index is 2.14. The number of rotatable bonds is 1. The van der Waals surface area contributed by atoms with Crippen molar-refractivity contribution in [2.45, 2.75) is 6.42 Å². The molecule has 1 fully saturated rings. The molecule has 0 saturated carbocycles. The molecular weight excluding hydrogens is 240 g/mol. The molecule has 1 aliphatic rings. The molecule has 1 heterocycles. The van der Waals surface area contributed by atoms with Crippen molar-refractivity contribution in [2.24, 2.45) is 0 Å². The van der Waals surface area contributed by atoms with Crippen LogP contribution in [-0.4, -0.2) is 36.3 Å². The van der Waals surface area contributed by atoms with Crippen molar-refractivity contribution >= 4 is 23.4 Å². The van der Waals surface area contributed by atoms with Gasteiger partial charge in [0.2, 0.25) is 5.91 Å². The van der Waals surface area contributed by atoms with Gasteiger partial charge in [0.25, 0.3) is 5.91 Å². The van der Waals surface area contributed by atoms with Crippen LogP contribution in [0.1, 0.15) is 16.8 Å². The Kier molecular flexibility index (Phi) is 3.64. The first-order valence-corrected chi connectivity index (χ1v) is 5.87. The fraction of sp³-hybridized carbons (Fsp3) is 0.333. The lowest BCUT2D eigenvalue weighted by molar-refractivity contribution is -0.120. The number of carbonyl (C=O) groups excluding carboxylic acids is 2. The summed E-state index contributed by atoms with van der Waals surface area (Å²) in [6.45, 7) is 1.46. The van der Waals surface area contributed by atoms with Gasteiger partial charge in [-0.2, -0.15) is 0 Å². The lowest BCUT2D eigenvalue weighted by Crippen LogP contribution is -2.34. The number of amides is 2. The maximum Gasteiger partial charge on any atom is 0.255 e. The number of hydrogen-bond acceptors (Lipinski definition) is 2. The van der Waals surface area contributed by atoms with Gasteiger partial charge in [0.1, 0.15) is 0 Å². The van der Waals surface area contributed by atoms with E-state index in [9.17, 15) is 9.59 Å². The van der Waals surface area contributed by atoms with Crippen LogP contribution in [0.5, 0.6) is 0 Å². The molecule has 2 rings (SSSR count). The Hall–Kier alpha value is -1.55. The molecule has 2 amide bonds. The Bertz CT molecular complexity index is 448. The highest BCUT2D eigenvalue weighted by Gasteiger charge is 2.20. The Morgan fingerprint density at radius 1 is 1.29 bits per heavy atom. The minimum absolute atomic E-state index is 0.0144. The second-order valence-corrected chi connectivity index (χ2v) is 4.28. The first-order chi connectivity index (χ1) is 8.18. The Labute approximate surface area is 105 Å². The van der Waals surface area contributed by atoms with Crippen LogP contribution in [0.2, 0.25) is 5.02 Å². The molecule has 1 N–H and O–H groups in total. The Morgan fingerprint density at radius 3 is 2.82 bits per heavy atom. The molecular formula is C12H13ClN2O2. The molecule has 0 bridgehead atoms. The predicted octanol–water partition coefficient (Wildman–Crippen LogP) is 1.30. The zero-order valence-electron chi connectivity index (χ0n) is 9.28. The average molecular weight is 253 g/mol. The number of benzene rings is 1. The summed E-state index contributed by atoms with van der Waals surface area (Å²) >= 11 is 5.98. The molecule has 1 aromatic rings. The van der Waals surface area contributed by atoms with Crippen LogP contribution in [0.4, 0.5) is 0 Å². The number of halogens is 1. The van der Waals surface area contributed by atoms with Gasteiger partial charge >= 0.3 is 0 Å². The maximum atomic E-state index is 12.2. The predicted molar refractivity (Wildman–Crippen MR) is 65.0 cm³/mol. The van der Waals surface area contributed by atoms with E-state index in [1.165, 1.54) is 0 Å². The van der Waals surface area contributed by atoms with Crippen LogP contribution in [0.25, 0.3) is 0 Å². The molecule has 1 aliphatic heterocycles. The van der Waals surface area contributed by atoms with Gasteiger partial charge in [-0.05, 0) is 12.1 Å². The van der Waals surface area contributed by atoms with Gasteiger partial charge < -0.3 is 10.2 Å². The number of nitrogens with zero attached hydrogens (tertiary/aromatic N) is 1. The fourth-order valence-corrected chi connectivity index (χ4v) is 1.99. The normalized spacial score (nSPS) is 16.3. The van der Waals surface area contributed by atoms with Gasteiger partial charge in [-0.1, -0.05) is 23.7 Å². The molecule has 0 aromatic heterocycles. The largest absolute Gasteiger partial charge is 0.354 e. The van der Waals surface area contributed by atoms with Gasteiger partial charge in [0.05, 0.1) is 10.6 Å². The van der Waals surface area contributed by atoms with E-state index in [1.54, 1.807) is 29.2 Å². The van der Waals surface area contributed by atoms with Crippen molar-refractivity contribution in [2.75, 3.05) is 19.6 Å². The minimum Gasteiger partial charge on any atom is -0.354 e. The van der Waals surface area contributed by atoms with Crippen LogP contribution >= 0.6 is 11.6 Å². The molecule has 5 heteroatoms. The van der Waals surface area contributed by atoms with Gasteiger partial charge in [-0.3, -0.25) is 9.59 Å².